The van der Waals surface area contributed by atoms with Gasteiger partial charge in [0.25, 0.3) is 11.2 Å². The normalized spacial score (nSPS) is 15.2. The number of unbranched alkanes of at least 4 members (excludes halogenated alkanes) is 12. The number of halogens is 6. The predicted molar refractivity (Wildman–Crippen MR) is 174 cm³/mol. The largest absolute Gasteiger partial charge is 0.459 e. The van der Waals surface area contributed by atoms with Crippen molar-refractivity contribution in [1.29, 1.82) is 0 Å². The summed E-state index contributed by atoms with van der Waals surface area (Å²) in [4.78, 5) is 26.5. The molecule has 0 N–H and O–H groups in total. The fourth-order valence-corrected chi connectivity index (χ4v) is 5.84. The molecule has 2 unspecified atom stereocenters. The lowest BCUT2D eigenvalue weighted by molar-refractivity contribution is -0.282. The van der Waals surface area contributed by atoms with Crippen molar-refractivity contribution in [2.75, 3.05) is 20.8 Å². The van der Waals surface area contributed by atoms with Crippen LogP contribution in [0.15, 0.2) is 60.7 Å². The molecule has 0 aromatic heterocycles. The van der Waals surface area contributed by atoms with Crippen LogP contribution in [0.3, 0.4) is 0 Å². The van der Waals surface area contributed by atoms with Gasteiger partial charge in [-0.25, -0.2) is 9.59 Å². The molecule has 0 aliphatic carbocycles. The van der Waals surface area contributed by atoms with Crippen LogP contribution in [0.2, 0.25) is 0 Å². The van der Waals surface area contributed by atoms with Crippen LogP contribution >= 0.6 is 0 Å². The average molecular weight is 705 g/mol. The van der Waals surface area contributed by atoms with Gasteiger partial charge in [-0.05, 0) is 12.8 Å². The van der Waals surface area contributed by atoms with Gasteiger partial charge in [0.15, 0.2) is 0 Å². The minimum atomic E-state index is -5.27. The van der Waals surface area contributed by atoms with E-state index in [4.69, 9.17) is 18.9 Å². The Hall–Kier alpha value is -3.12. The van der Waals surface area contributed by atoms with E-state index in [-0.39, 0.29) is 6.42 Å². The zero-order valence-electron chi connectivity index (χ0n) is 28.7. The van der Waals surface area contributed by atoms with Crippen LogP contribution in [-0.2, 0) is 39.7 Å². The van der Waals surface area contributed by atoms with E-state index >= 15 is 0 Å². The Morgan fingerprint density at radius 3 is 1.31 bits per heavy atom. The first kappa shape index (κ1) is 42.0. The highest BCUT2D eigenvalue weighted by atomic mass is 19.4. The second kappa shape index (κ2) is 20.5. The van der Waals surface area contributed by atoms with Crippen molar-refractivity contribution in [3.8, 4) is 0 Å². The third kappa shape index (κ3) is 11.5. The second-order valence-corrected chi connectivity index (χ2v) is 12.2. The maximum Gasteiger partial charge on any atom is 0.432 e. The number of hydrogen-bond acceptors (Lipinski definition) is 6. The van der Waals surface area contributed by atoms with E-state index in [1.54, 1.807) is 0 Å². The van der Waals surface area contributed by atoms with Crippen LogP contribution in [-0.4, -0.2) is 51.2 Å². The number of rotatable bonds is 23. The number of carbonyl (C=O) groups is 2. The van der Waals surface area contributed by atoms with Crippen molar-refractivity contribution in [1.82, 2.24) is 0 Å². The molecule has 0 aliphatic heterocycles. The van der Waals surface area contributed by atoms with Gasteiger partial charge in [0.1, 0.15) is 12.7 Å². The van der Waals surface area contributed by atoms with Gasteiger partial charge in [-0.1, -0.05) is 145 Å². The van der Waals surface area contributed by atoms with E-state index in [0.717, 1.165) is 56.4 Å². The van der Waals surface area contributed by atoms with Crippen LogP contribution in [0.1, 0.15) is 108 Å². The molecule has 0 aliphatic rings. The zero-order chi connectivity index (χ0) is 36.4. The Balaban J connectivity index is 2.16. The number of ether oxygens (including phenoxy) is 4. The fourth-order valence-electron chi connectivity index (χ4n) is 5.84. The molecule has 12 heteroatoms. The first-order chi connectivity index (χ1) is 23.3. The van der Waals surface area contributed by atoms with E-state index in [9.17, 15) is 35.9 Å². The highest BCUT2D eigenvalue weighted by Crippen LogP contribution is 2.44. The Kier molecular flexibility index (Phi) is 17.6. The van der Waals surface area contributed by atoms with E-state index < -0.39 is 59.3 Å². The fraction of sp³-hybridized carbons (Fsp3) is 0.622. The van der Waals surface area contributed by atoms with E-state index in [2.05, 4.69) is 6.92 Å². The molecule has 0 saturated carbocycles. The Morgan fingerprint density at radius 2 is 0.939 bits per heavy atom. The Morgan fingerprint density at radius 1 is 0.571 bits per heavy atom. The minimum Gasteiger partial charge on any atom is -0.459 e. The molecule has 276 valence electrons. The van der Waals surface area contributed by atoms with E-state index in [1.165, 1.54) is 74.9 Å². The summed E-state index contributed by atoms with van der Waals surface area (Å²) in [5.74, 6) is -3.68. The van der Waals surface area contributed by atoms with Crippen LogP contribution in [0.25, 0.3) is 0 Å². The quantitative estimate of drug-likeness (QED) is 0.0652. The SMILES string of the molecule is CCCCCCCCCCCCCCC[C@H](COC(=O)C(OC)(c1ccccc1)C(F)(F)F)OC(=O)C(OC)(c1ccccc1)C(F)(F)F. The summed E-state index contributed by atoms with van der Waals surface area (Å²) in [5.41, 5.74) is -8.16. The summed E-state index contributed by atoms with van der Waals surface area (Å²) < 4.78 is 107. The standard InChI is InChI=1S/C37H50F6O6/c1-4-5-6-7-8-9-10-11-12-13-14-15-22-27-31(49-33(45)35(47-3,37(41,42)43)30-25-20-17-21-26-30)28-48-32(44)34(46-2,36(38,39)40)29-23-18-16-19-24-29/h16-21,23-26,31H,4-15,22,27-28H2,1-3H3/t31-,34?,35?/m1/s1. The van der Waals surface area contributed by atoms with Gasteiger partial charge in [-0.2, -0.15) is 26.3 Å². The molecule has 2 aromatic carbocycles. The van der Waals surface area contributed by atoms with Crippen molar-refractivity contribution in [3.05, 3.63) is 71.8 Å². The number of esters is 2. The molecule has 0 bridgehead atoms. The lowest BCUT2D eigenvalue weighted by Crippen LogP contribution is -2.53. The Bertz CT molecular complexity index is 1220. The maximum absolute atomic E-state index is 14.5. The smallest absolute Gasteiger partial charge is 0.432 e. The molecule has 0 radical (unpaired) electrons. The number of hydrogen-bond donors (Lipinski definition) is 0. The van der Waals surface area contributed by atoms with Gasteiger partial charge < -0.3 is 18.9 Å². The van der Waals surface area contributed by atoms with E-state index in [0.29, 0.717) is 27.1 Å². The van der Waals surface area contributed by atoms with Crippen LogP contribution in [0.4, 0.5) is 26.3 Å². The van der Waals surface area contributed by atoms with E-state index in [1.807, 2.05) is 0 Å². The molecule has 0 amide bonds. The lowest BCUT2D eigenvalue weighted by Gasteiger charge is -2.34. The van der Waals surface area contributed by atoms with Crippen molar-refractivity contribution in [3.63, 3.8) is 0 Å². The van der Waals surface area contributed by atoms with Gasteiger partial charge in [0.2, 0.25) is 0 Å². The topological polar surface area (TPSA) is 71.1 Å². The van der Waals surface area contributed by atoms with Gasteiger partial charge >= 0.3 is 24.3 Å². The molecule has 0 heterocycles. The highest BCUT2D eigenvalue weighted by molar-refractivity contribution is 5.84. The third-order valence-electron chi connectivity index (χ3n) is 8.65. The molecule has 0 spiro atoms. The molecule has 2 aromatic rings. The van der Waals surface area contributed by atoms with Crippen molar-refractivity contribution >= 4 is 11.9 Å². The molecule has 6 nitrogen and oxygen atoms in total. The number of alkyl halides is 6. The summed E-state index contributed by atoms with van der Waals surface area (Å²) in [5, 5.41) is 0. The summed E-state index contributed by atoms with van der Waals surface area (Å²) in [6.07, 6.45) is 1.31. The number of carbonyl (C=O) groups excluding carboxylic acids is 2. The lowest BCUT2D eigenvalue weighted by atomic mass is 9.92. The summed E-state index contributed by atoms with van der Waals surface area (Å²) >= 11 is 0. The molecule has 2 rings (SSSR count). The van der Waals surface area contributed by atoms with Crippen molar-refractivity contribution in [2.24, 2.45) is 0 Å². The van der Waals surface area contributed by atoms with Gasteiger partial charge in [-0.3, -0.25) is 0 Å². The monoisotopic (exact) mass is 704 g/mol. The molecule has 0 fully saturated rings. The number of methoxy groups -OCH3 is 2. The maximum atomic E-state index is 14.5. The van der Waals surface area contributed by atoms with Crippen LogP contribution in [0.5, 0.6) is 0 Å². The third-order valence-corrected chi connectivity index (χ3v) is 8.65. The van der Waals surface area contributed by atoms with Crippen LogP contribution < -0.4 is 0 Å². The molecule has 49 heavy (non-hydrogen) atoms. The number of benzene rings is 2. The van der Waals surface area contributed by atoms with Crippen molar-refractivity contribution < 1.29 is 54.9 Å². The first-order valence-electron chi connectivity index (χ1n) is 17.0. The van der Waals surface area contributed by atoms with Gasteiger partial charge in [0.05, 0.1) is 0 Å². The molecular formula is C37H50F6O6. The van der Waals surface area contributed by atoms with Gasteiger partial charge in [-0.15, -0.1) is 0 Å². The second-order valence-electron chi connectivity index (χ2n) is 12.2. The van der Waals surface area contributed by atoms with Crippen LogP contribution in [0, 0.1) is 0 Å². The Labute approximate surface area is 285 Å². The minimum absolute atomic E-state index is 0.0689. The summed E-state index contributed by atoms with van der Waals surface area (Å²) in [6, 6.07) is 12.2. The summed E-state index contributed by atoms with van der Waals surface area (Å²) in [7, 11) is 1.41. The highest BCUT2D eigenvalue weighted by Gasteiger charge is 2.65. The first-order valence-corrected chi connectivity index (χ1v) is 17.0. The molecular weight excluding hydrogens is 654 g/mol. The predicted octanol–water partition coefficient (Wildman–Crippen LogP) is 10.1. The summed E-state index contributed by atoms with van der Waals surface area (Å²) in [6.45, 7) is 1.24. The zero-order valence-corrected chi connectivity index (χ0v) is 28.7. The van der Waals surface area contributed by atoms with Crippen molar-refractivity contribution in [2.45, 2.75) is 126 Å². The van der Waals surface area contributed by atoms with Gasteiger partial charge in [0, 0.05) is 25.3 Å². The molecule has 3 atom stereocenters. The average Bonchev–Trinajstić information content (AvgIpc) is 3.06. The molecule has 0 saturated heterocycles.